The van der Waals surface area contributed by atoms with Crippen LogP contribution in [0.15, 0.2) is 12.1 Å². The summed E-state index contributed by atoms with van der Waals surface area (Å²) in [5.74, 6) is 0.848. The highest BCUT2D eigenvalue weighted by Crippen LogP contribution is 2.27. The van der Waals surface area contributed by atoms with Gasteiger partial charge in [0.25, 0.3) is 0 Å². The first kappa shape index (κ1) is 15.8. The molecule has 0 atom stereocenters. The summed E-state index contributed by atoms with van der Waals surface area (Å²) in [4.78, 5) is 28.9. The minimum absolute atomic E-state index is 0.0285. The fraction of sp³-hybridized carbons (Fsp3) is 0.538. The summed E-state index contributed by atoms with van der Waals surface area (Å²) in [5, 5.41) is 23.1. The number of amides is 1. The molecule has 0 saturated carbocycles. The Morgan fingerprint density at radius 1 is 1.45 bits per heavy atom. The third-order valence-corrected chi connectivity index (χ3v) is 3.62. The maximum atomic E-state index is 11.1. The number of carboxylic acid groups (broad SMARTS) is 1. The molecular formula is C13H19N5O4. The Morgan fingerprint density at radius 3 is 2.59 bits per heavy atom. The summed E-state index contributed by atoms with van der Waals surface area (Å²) in [6.45, 7) is 0.822. The third kappa shape index (κ3) is 3.54. The highest BCUT2D eigenvalue weighted by molar-refractivity contribution is 5.65. The van der Waals surface area contributed by atoms with Gasteiger partial charge in [-0.25, -0.2) is 9.78 Å². The molecule has 1 aliphatic heterocycles. The lowest BCUT2D eigenvalue weighted by Crippen LogP contribution is -2.41. The predicted octanol–water partition coefficient (Wildman–Crippen LogP) is 1.61. The third-order valence-electron chi connectivity index (χ3n) is 3.62. The average molecular weight is 309 g/mol. The lowest BCUT2D eigenvalue weighted by molar-refractivity contribution is -0.384. The Morgan fingerprint density at radius 2 is 2.09 bits per heavy atom. The zero-order valence-electron chi connectivity index (χ0n) is 12.5. The van der Waals surface area contributed by atoms with Crippen LogP contribution < -0.4 is 10.2 Å². The number of pyridine rings is 1. The van der Waals surface area contributed by atoms with Crippen LogP contribution in [0.4, 0.5) is 22.1 Å². The molecule has 1 fully saturated rings. The van der Waals surface area contributed by atoms with Crippen molar-refractivity contribution in [2.24, 2.45) is 0 Å². The standard InChI is InChI=1S/C13H19N5O4/c1-16(2)11-4-3-10(18(21)22)12(15-11)14-9-5-7-17(8-6-9)13(19)20/h3-4,9H,5-8H2,1-2H3,(H,14,15)(H,19,20). The van der Waals surface area contributed by atoms with Gasteiger partial charge in [-0.1, -0.05) is 0 Å². The molecule has 1 aromatic heterocycles. The zero-order chi connectivity index (χ0) is 16.3. The fourth-order valence-corrected chi connectivity index (χ4v) is 2.35. The van der Waals surface area contributed by atoms with E-state index >= 15 is 0 Å². The molecule has 9 heteroatoms. The molecule has 22 heavy (non-hydrogen) atoms. The van der Waals surface area contributed by atoms with Gasteiger partial charge in [-0.2, -0.15) is 0 Å². The predicted molar refractivity (Wildman–Crippen MR) is 81.5 cm³/mol. The lowest BCUT2D eigenvalue weighted by Gasteiger charge is -2.30. The number of nitrogens with one attached hydrogen (secondary N) is 1. The van der Waals surface area contributed by atoms with Gasteiger partial charge in [0.05, 0.1) is 4.92 Å². The highest BCUT2D eigenvalue weighted by atomic mass is 16.6. The first-order valence-corrected chi connectivity index (χ1v) is 6.95. The van der Waals surface area contributed by atoms with E-state index in [0.29, 0.717) is 31.7 Å². The van der Waals surface area contributed by atoms with Crippen molar-refractivity contribution in [1.29, 1.82) is 0 Å². The Kier molecular flexibility index (Phi) is 4.64. The van der Waals surface area contributed by atoms with Crippen molar-refractivity contribution < 1.29 is 14.8 Å². The first-order valence-electron chi connectivity index (χ1n) is 6.95. The van der Waals surface area contributed by atoms with Crippen molar-refractivity contribution in [1.82, 2.24) is 9.88 Å². The van der Waals surface area contributed by atoms with E-state index in [-0.39, 0.29) is 17.5 Å². The molecule has 1 amide bonds. The second-order valence-electron chi connectivity index (χ2n) is 5.38. The summed E-state index contributed by atoms with van der Waals surface area (Å²) < 4.78 is 0. The molecule has 1 aliphatic rings. The quantitative estimate of drug-likeness (QED) is 0.642. The van der Waals surface area contributed by atoms with E-state index in [2.05, 4.69) is 10.3 Å². The zero-order valence-corrected chi connectivity index (χ0v) is 12.5. The molecule has 0 unspecified atom stereocenters. The Bertz CT molecular complexity index is 570. The van der Waals surface area contributed by atoms with Gasteiger partial charge in [0.1, 0.15) is 5.82 Å². The molecule has 0 radical (unpaired) electrons. The average Bonchev–Trinajstić information content (AvgIpc) is 2.47. The molecule has 2 heterocycles. The van der Waals surface area contributed by atoms with Gasteiger partial charge in [-0.3, -0.25) is 10.1 Å². The van der Waals surface area contributed by atoms with Crippen LogP contribution in [0.3, 0.4) is 0 Å². The number of rotatable bonds is 4. The normalized spacial score (nSPS) is 15.5. The summed E-state index contributed by atoms with van der Waals surface area (Å²) in [6.07, 6.45) is 0.256. The van der Waals surface area contributed by atoms with Gasteiger partial charge in [-0.05, 0) is 18.9 Å². The number of nitro groups is 1. The van der Waals surface area contributed by atoms with Gasteiger partial charge in [0.2, 0.25) is 5.82 Å². The van der Waals surface area contributed by atoms with Crippen molar-refractivity contribution in [3.8, 4) is 0 Å². The Labute approximate surface area is 127 Å². The summed E-state index contributed by atoms with van der Waals surface area (Å²) in [5.41, 5.74) is -0.0775. The topological polar surface area (TPSA) is 112 Å². The number of nitrogens with zero attached hydrogens (tertiary/aromatic N) is 4. The highest BCUT2D eigenvalue weighted by Gasteiger charge is 2.25. The van der Waals surface area contributed by atoms with E-state index in [1.807, 2.05) is 14.1 Å². The van der Waals surface area contributed by atoms with Crippen LogP contribution in [0.25, 0.3) is 0 Å². The van der Waals surface area contributed by atoms with Gasteiger partial charge >= 0.3 is 11.8 Å². The second kappa shape index (κ2) is 6.46. The van der Waals surface area contributed by atoms with Crippen LogP contribution in [-0.4, -0.2) is 59.2 Å². The number of hydrogen-bond acceptors (Lipinski definition) is 6. The lowest BCUT2D eigenvalue weighted by atomic mass is 10.1. The molecule has 9 nitrogen and oxygen atoms in total. The fourth-order valence-electron chi connectivity index (χ4n) is 2.35. The van der Waals surface area contributed by atoms with E-state index in [0.717, 1.165) is 0 Å². The monoisotopic (exact) mass is 309 g/mol. The SMILES string of the molecule is CN(C)c1ccc([N+](=O)[O-])c(NC2CCN(C(=O)O)CC2)n1. The van der Waals surface area contributed by atoms with Crippen LogP contribution in [-0.2, 0) is 0 Å². The minimum Gasteiger partial charge on any atom is -0.465 e. The van der Waals surface area contributed by atoms with Crippen LogP contribution in [0.2, 0.25) is 0 Å². The molecule has 0 aliphatic carbocycles. The number of carbonyl (C=O) groups is 1. The minimum atomic E-state index is -0.933. The van der Waals surface area contributed by atoms with E-state index < -0.39 is 11.0 Å². The van der Waals surface area contributed by atoms with E-state index in [1.54, 1.807) is 11.0 Å². The second-order valence-corrected chi connectivity index (χ2v) is 5.38. The molecule has 1 saturated heterocycles. The largest absolute Gasteiger partial charge is 0.465 e. The van der Waals surface area contributed by atoms with Crippen molar-refractivity contribution in [3.63, 3.8) is 0 Å². The van der Waals surface area contributed by atoms with Gasteiger partial charge < -0.3 is 20.2 Å². The molecule has 2 rings (SSSR count). The first-order chi connectivity index (χ1) is 10.4. The van der Waals surface area contributed by atoms with Gasteiger partial charge in [-0.15, -0.1) is 0 Å². The van der Waals surface area contributed by atoms with E-state index in [1.165, 1.54) is 11.0 Å². The van der Waals surface area contributed by atoms with Crippen LogP contribution >= 0.6 is 0 Å². The van der Waals surface area contributed by atoms with Crippen LogP contribution in [0.1, 0.15) is 12.8 Å². The summed E-state index contributed by atoms with van der Waals surface area (Å²) >= 11 is 0. The van der Waals surface area contributed by atoms with Crippen LogP contribution in [0, 0.1) is 10.1 Å². The van der Waals surface area contributed by atoms with Gasteiger partial charge in [0.15, 0.2) is 0 Å². The molecule has 120 valence electrons. The molecule has 1 aromatic rings. The van der Waals surface area contributed by atoms with Crippen molar-refractivity contribution in [2.75, 3.05) is 37.4 Å². The smallest absolute Gasteiger partial charge is 0.407 e. The number of hydrogen-bond donors (Lipinski definition) is 2. The van der Waals surface area contributed by atoms with Crippen LogP contribution in [0.5, 0.6) is 0 Å². The molecule has 0 aromatic carbocycles. The summed E-state index contributed by atoms with van der Waals surface area (Å²) in [6, 6.07) is 2.99. The number of likely N-dealkylation sites (tertiary alicyclic amines) is 1. The molecular weight excluding hydrogens is 290 g/mol. The maximum Gasteiger partial charge on any atom is 0.407 e. The molecule has 0 spiro atoms. The molecule has 2 N–H and O–H groups in total. The number of aromatic nitrogens is 1. The Balaban J connectivity index is 2.13. The number of piperidine rings is 1. The molecule has 0 bridgehead atoms. The Hall–Kier alpha value is -2.58. The number of anilines is 2. The van der Waals surface area contributed by atoms with E-state index in [4.69, 9.17) is 5.11 Å². The van der Waals surface area contributed by atoms with Crippen molar-refractivity contribution in [3.05, 3.63) is 22.2 Å². The van der Waals surface area contributed by atoms with Gasteiger partial charge in [0, 0.05) is 39.3 Å². The van der Waals surface area contributed by atoms with Crippen molar-refractivity contribution >= 4 is 23.4 Å². The van der Waals surface area contributed by atoms with Crippen molar-refractivity contribution in [2.45, 2.75) is 18.9 Å². The van der Waals surface area contributed by atoms with E-state index in [9.17, 15) is 14.9 Å². The summed E-state index contributed by atoms with van der Waals surface area (Å²) in [7, 11) is 3.62. The maximum absolute atomic E-state index is 11.1.